The zero-order valence-corrected chi connectivity index (χ0v) is 9.30. The summed E-state index contributed by atoms with van der Waals surface area (Å²) >= 11 is 2.97. The van der Waals surface area contributed by atoms with Gasteiger partial charge in [-0.2, -0.15) is 13.2 Å². The summed E-state index contributed by atoms with van der Waals surface area (Å²) in [6.45, 7) is 0. The van der Waals surface area contributed by atoms with E-state index in [2.05, 4.69) is 21.4 Å². The van der Waals surface area contributed by atoms with Gasteiger partial charge in [-0.1, -0.05) is 22.0 Å². The van der Waals surface area contributed by atoms with Gasteiger partial charge in [0, 0.05) is 10.0 Å². The molecule has 1 aromatic rings. The molecule has 84 valence electrons. The number of nitrogens with two attached hydrogens (primary N) is 1. The van der Waals surface area contributed by atoms with Crippen LogP contribution in [0.25, 0.3) is 5.43 Å². The highest BCUT2D eigenvalue weighted by atomic mass is 79.9. The summed E-state index contributed by atoms with van der Waals surface area (Å²) in [7, 11) is 1.35. The molecule has 15 heavy (non-hydrogen) atoms. The van der Waals surface area contributed by atoms with Crippen molar-refractivity contribution in [3.8, 4) is 0 Å². The fraction of sp³-hybridized carbons (Fsp3) is 0.250. The number of benzene rings is 1. The molecule has 0 aliphatic rings. The lowest BCUT2D eigenvalue weighted by atomic mass is 10.2. The first kappa shape index (κ1) is 12.3. The monoisotopic (exact) mass is 282 g/mol. The maximum atomic E-state index is 12.5. The molecule has 1 rings (SSSR count). The van der Waals surface area contributed by atoms with E-state index in [1.54, 1.807) is 0 Å². The van der Waals surface area contributed by atoms with Crippen LogP contribution in [-0.4, -0.2) is 12.2 Å². The second kappa shape index (κ2) is 4.38. The summed E-state index contributed by atoms with van der Waals surface area (Å²) < 4.78 is 38.0. The quantitative estimate of drug-likeness (QED) is 0.669. The summed E-state index contributed by atoms with van der Waals surface area (Å²) in [4.78, 5) is 0. The molecule has 0 unspecified atom stereocenters. The summed E-state index contributed by atoms with van der Waals surface area (Å²) in [5.74, 6) is 5.16. The van der Waals surface area contributed by atoms with E-state index in [1.165, 1.54) is 19.2 Å². The van der Waals surface area contributed by atoms with Crippen molar-refractivity contribution in [2.75, 3.05) is 7.05 Å². The second-order valence-corrected chi connectivity index (χ2v) is 3.75. The average molecular weight is 283 g/mol. The van der Waals surface area contributed by atoms with Crippen molar-refractivity contribution in [2.45, 2.75) is 6.18 Å². The standard InChI is InChI=1S/C8H8BrF3N3/c1-15(13)14-7-3-2-5(9)4-6(7)8(10,11)12/h2-4H,13H2,1H3/q-1. The molecular formula is C8H8BrF3N3-. The maximum absolute atomic E-state index is 12.5. The first-order chi connectivity index (χ1) is 6.80. The van der Waals surface area contributed by atoms with Gasteiger partial charge in [0.1, 0.15) is 0 Å². The first-order valence-electron chi connectivity index (χ1n) is 3.87. The molecule has 3 nitrogen and oxygen atoms in total. The van der Waals surface area contributed by atoms with Gasteiger partial charge in [-0.25, -0.2) is 0 Å². The molecule has 0 aromatic heterocycles. The van der Waals surface area contributed by atoms with E-state index in [0.29, 0.717) is 4.47 Å². The Morgan fingerprint density at radius 2 is 2.00 bits per heavy atom. The predicted octanol–water partition coefficient (Wildman–Crippen LogP) is 3.19. The van der Waals surface area contributed by atoms with E-state index in [-0.39, 0.29) is 5.69 Å². The highest BCUT2D eigenvalue weighted by Crippen LogP contribution is 2.39. The third-order valence-electron chi connectivity index (χ3n) is 1.53. The van der Waals surface area contributed by atoms with Gasteiger partial charge in [0.25, 0.3) is 0 Å². The van der Waals surface area contributed by atoms with Gasteiger partial charge in [0.2, 0.25) is 0 Å². The number of nitrogens with zero attached hydrogens (tertiary/aromatic N) is 2. The normalized spacial score (nSPS) is 11.9. The number of hydrogen-bond donors (Lipinski definition) is 1. The Kier molecular flexibility index (Phi) is 3.58. The Morgan fingerprint density at radius 1 is 1.40 bits per heavy atom. The molecule has 0 heterocycles. The lowest BCUT2D eigenvalue weighted by molar-refractivity contribution is -0.137. The molecule has 0 bridgehead atoms. The van der Waals surface area contributed by atoms with Gasteiger partial charge in [0.05, 0.1) is 0 Å². The minimum Gasteiger partial charge on any atom is -0.606 e. The molecule has 0 aliphatic heterocycles. The van der Waals surface area contributed by atoms with Crippen LogP contribution in [-0.2, 0) is 6.18 Å². The van der Waals surface area contributed by atoms with Crippen LogP contribution in [0.3, 0.4) is 0 Å². The summed E-state index contributed by atoms with van der Waals surface area (Å²) in [6, 6.07) is 3.68. The van der Waals surface area contributed by atoms with Gasteiger partial charge in [0.15, 0.2) is 0 Å². The molecular weight excluding hydrogens is 275 g/mol. The Morgan fingerprint density at radius 3 is 2.47 bits per heavy atom. The van der Waals surface area contributed by atoms with Crippen molar-refractivity contribution >= 4 is 21.6 Å². The lowest BCUT2D eigenvalue weighted by Crippen LogP contribution is -2.20. The Bertz CT molecular complexity index is 351. The topological polar surface area (TPSA) is 43.4 Å². The molecule has 0 atom stereocenters. The van der Waals surface area contributed by atoms with Crippen molar-refractivity contribution in [1.82, 2.24) is 5.12 Å². The van der Waals surface area contributed by atoms with Crippen LogP contribution >= 0.6 is 15.9 Å². The predicted molar refractivity (Wildman–Crippen MR) is 54.1 cm³/mol. The van der Waals surface area contributed by atoms with Gasteiger partial charge >= 0.3 is 6.18 Å². The van der Waals surface area contributed by atoms with Crippen molar-refractivity contribution in [1.29, 1.82) is 0 Å². The Labute approximate surface area is 93.1 Å². The second-order valence-electron chi connectivity index (χ2n) is 2.83. The van der Waals surface area contributed by atoms with Crippen molar-refractivity contribution in [3.63, 3.8) is 0 Å². The van der Waals surface area contributed by atoms with Crippen LogP contribution in [0.1, 0.15) is 5.56 Å². The van der Waals surface area contributed by atoms with E-state index in [1.807, 2.05) is 0 Å². The molecule has 2 N–H and O–H groups in total. The molecule has 0 aliphatic carbocycles. The van der Waals surface area contributed by atoms with E-state index < -0.39 is 11.7 Å². The van der Waals surface area contributed by atoms with Crippen LogP contribution in [0.15, 0.2) is 22.7 Å². The molecule has 0 radical (unpaired) electrons. The molecule has 1 aromatic carbocycles. The molecule has 0 amide bonds. The van der Waals surface area contributed by atoms with Gasteiger partial charge in [-0.05, 0) is 19.2 Å². The van der Waals surface area contributed by atoms with Crippen LogP contribution in [0.5, 0.6) is 0 Å². The minimum atomic E-state index is -4.45. The largest absolute Gasteiger partial charge is 0.606 e. The van der Waals surface area contributed by atoms with Crippen molar-refractivity contribution in [3.05, 3.63) is 33.7 Å². The van der Waals surface area contributed by atoms with E-state index in [9.17, 15) is 13.2 Å². The van der Waals surface area contributed by atoms with Crippen LogP contribution in [0, 0.1) is 0 Å². The third kappa shape index (κ3) is 3.37. The number of halogens is 4. The number of rotatable bonds is 2. The smallest absolute Gasteiger partial charge is 0.415 e. The van der Waals surface area contributed by atoms with E-state index in [0.717, 1.165) is 11.2 Å². The number of hydrogen-bond acceptors (Lipinski definition) is 2. The number of hydrazine groups is 1. The fourth-order valence-electron chi connectivity index (χ4n) is 0.992. The lowest BCUT2D eigenvalue weighted by Gasteiger charge is -2.32. The molecule has 0 saturated heterocycles. The first-order valence-corrected chi connectivity index (χ1v) is 4.67. The highest BCUT2D eigenvalue weighted by molar-refractivity contribution is 9.10. The van der Waals surface area contributed by atoms with Gasteiger partial charge in [-0.15, -0.1) is 5.69 Å². The van der Waals surface area contributed by atoms with Crippen molar-refractivity contribution < 1.29 is 13.2 Å². The molecule has 7 heteroatoms. The summed E-state index contributed by atoms with van der Waals surface area (Å²) in [5, 5.41) is 0.832. The SMILES string of the molecule is CN(N)[N-]c1ccc(Br)cc1C(F)(F)F. The zero-order chi connectivity index (χ0) is 11.6. The highest BCUT2D eigenvalue weighted by Gasteiger charge is 2.31. The summed E-state index contributed by atoms with van der Waals surface area (Å²) in [6.07, 6.45) is -4.45. The minimum absolute atomic E-state index is 0.212. The molecule has 0 spiro atoms. The van der Waals surface area contributed by atoms with Crippen LogP contribution in [0.4, 0.5) is 18.9 Å². The number of alkyl halides is 3. The van der Waals surface area contributed by atoms with Crippen LogP contribution < -0.4 is 5.84 Å². The Hall–Kier alpha value is -0.790. The summed E-state index contributed by atoms with van der Waals surface area (Å²) in [5.41, 5.74) is 2.50. The molecule has 0 saturated carbocycles. The van der Waals surface area contributed by atoms with E-state index in [4.69, 9.17) is 5.84 Å². The van der Waals surface area contributed by atoms with Crippen LogP contribution in [0.2, 0.25) is 0 Å². The third-order valence-corrected chi connectivity index (χ3v) is 2.02. The van der Waals surface area contributed by atoms with Gasteiger partial charge < -0.3 is 10.5 Å². The van der Waals surface area contributed by atoms with Gasteiger partial charge in [-0.3, -0.25) is 5.84 Å². The molecule has 0 fully saturated rings. The van der Waals surface area contributed by atoms with E-state index >= 15 is 0 Å². The Balaban J connectivity index is 3.15. The van der Waals surface area contributed by atoms with Crippen molar-refractivity contribution in [2.24, 2.45) is 5.84 Å². The fourth-order valence-corrected chi connectivity index (χ4v) is 1.35. The maximum Gasteiger partial charge on any atom is 0.415 e. The zero-order valence-electron chi connectivity index (χ0n) is 7.72. The average Bonchev–Trinajstić information content (AvgIpc) is 2.05.